The van der Waals surface area contributed by atoms with Gasteiger partial charge in [-0.2, -0.15) is 0 Å². The highest BCUT2D eigenvalue weighted by atomic mass is 16.5. The molecule has 0 aliphatic rings. The number of rotatable bonds is 1. The quantitative estimate of drug-likeness (QED) is 0.329. The van der Waals surface area contributed by atoms with Crippen molar-refractivity contribution in [3.8, 4) is 5.75 Å². The van der Waals surface area contributed by atoms with E-state index in [1.54, 1.807) is 7.11 Å². The minimum atomic E-state index is 0.956. The smallest absolute Gasteiger partial charge is 0.135 e. The molecule has 0 aliphatic heterocycles. The minimum Gasteiger partial charge on any atom is -0.496 e. The molecular weight excluding hydrogens is 344 g/mol. The van der Waals surface area contributed by atoms with E-state index in [-0.39, 0.29) is 0 Å². The van der Waals surface area contributed by atoms with Gasteiger partial charge in [0.25, 0.3) is 0 Å². The summed E-state index contributed by atoms with van der Waals surface area (Å²) in [5.41, 5.74) is 3.10. The Hall–Kier alpha value is -2.74. The van der Waals surface area contributed by atoms with E-state index in [4.69, 9.17) is 9.15 Å². The first-order chi connectivity index (χ1) is 13.8. The zero-order chi connectivity index (χ0) is 21.4. The summed E-state index contributed by atoms with van der Waals surface area (Å²) in [6.07, 6.45) is 0. The number of fused-ring (bicyclic) bond motifs is 3. The van der Waals surface area contributed by atoms with Gasteiger partial charge >= 0.3 is 0 Å². The van der Waals surface area contributed by atoms with E-state index in [1.807, 2.05) is 109 Å². The zero-order valence-corrected chi connectivity index (χ0v) is 18.7. The van der Waals surface area contributed by atoms with Gasteiger partial charge in [0.1, 0.15) is 16.9 Å². The normalized spacial score (nSPS) is 8.71. The van der Waals surface area contributed by atoms with Gasteiger partial charge in [0.15, 0.2) is 0 Å². The Bertz CT molecular complexity index is 841. The number of furan rings is 1. The fraction of sp³-hybridized carbons (Fsp3) is 0.308. The lowest BCUT2D eigenvalue weighted by Crippen LogP contribution is -1.84. The molecule has 0 spiro atoms. The second-order valence-electron chi connectivity index (χ2n) is 5.06. The van der Waals surface area contributed by atoms with Crippen LogP contribution in [0.3, 0.4) is 0 Å². The lowest BCUT2D eigenvalue weighted by molar-refractivity contribution is 0.411. The zero-order valence-electron chi connectivity index (χ0n) is 18.7. The van der Waals surface area contributed by atoms with E-state index in [2.05, 4.69) is 12.1 Å². The molecule has 28 heavy (non-hydrogen) atoms. The molecule has 4 rings (SSSR count). The van der Waals surface area contributed by atoms with Gasteiger partial charge in [-0.1, -0.05) is 96.1 Å². The first-order valence-corrected chi connectivity index (χ1v) is 10.3. The first-order valence-electron chi connectivity index (χ1n) is 10.3. The van der Waals surface area contributed by atoms with Crippen LogP contribution in [0.5, 0.6) is 5.75 Å². The molecule has 0 saturated heterocycles. The topological polar surface area (TPSA) is 22.4 Å². The summed E-state index contributed by atoms with van der Waals surface area (Å²) in [4.78, 5) is 0. The highest BCUT2D eigenvalue weighted by Gasteiger charge is 2.03. The van der Waals surface area contributed by atoms with E-state index in [0.717, 1.165) is 16.9 Å². The van der Waals surface area contributed by atoms with Crippen molar-refractivity contribution >= 4 is 21.9 Å². The molecular formula is C26H36O2. The fourth-order valence-electron chi connectivity index (χ4n) is 2.46. The van der Waals surface area contributed by atoms with Crippen molar-refractivity contribution in [2.75, 3.05) is 7.11 Å². The largest absolute Gasteiger partial charge is 0.496 e. The molecule has 152 valence electrons. The Morgan fingerprint density at radius 1 is 0.571 bits per heavy atom. The number of hydrogen-bond acceptors (Lipinski definition) is 2. The summed E-state index contributed by atoms with van der Waals surface area (Å²) in [5, 5.41) is 2.39. The first kappa shape index (κ1) is 25.3. The summed E-state index contributed by atoms with van der Waals surface area (Å²) in [5.74, 6) is 0.956. The third-order valence-electron chi connectivity index (χ3n) is 3.60. The number of methoxy groups -OCH3 is 1. The van der Waals surface area contributed by atoms with Crippen molar-refractivity contribution in [2.24, 2.45) is 0 Å². The Balaban J connectivity index is 0.000000429. The number of para-hydroxylation sites is 3. The predicted molar refractivity (Wildman–Crippen MR) is 125 cm³/mol. The van der Waals surface area contributed by atoms with Crippen molar-refractivity contribution in [3.63, 3.8) is 0 Å². The van der Waals surface area contributed by atoms with Crippen LogP contribution < -0.4 is 4.74 Å². The van der Waals surface area contributed by atoms with Crippen molar-refractivity contribution in [1.29, 1.82) is 0 Å². The van der Waals surface area contributed by atoms with Gasteiger partial charge in [-0.15, -0.1) is 0 Å². The molecule has 0 amide bonds. The summed E-state index contributed by atoms with van der Waals surface area (Å²) in [6.45, 7) is 14.0. The maximum Gasteiger partial charge on any atom is 0.135 e. The standard InChI is InChI=1S/C12H8O.C8H10O.3C2H6/c1-3-7-11-9(5-1)10-6-2-4-8-12(10)13-11;1-7-5-3-4-6-8(7)9-2;3*1-2/h1-8H;3-6H,1-2H3;3*1-2H3. The van der Waals surface area contributed by atoms with Gasteiger partial charge < -0.3 is 9.15 Å². The van der Waals surface area contributed by atoms with E-state index in [9.17, 15) is 0 Å². The maximum atomic E-state index is 5.65. The molecule has 0 aliphatic carbocycles. The Kier molecular flexibility index (Phi) is 13.8. The van der Waals surface area contributed by atoms with Gasteiger partial charge in [0.2, 0.25) is 0 Å². The lowest BCUT2D eigenvalue weighted by Gasteiger charge is -2.00. The van der Waals surface area contributed by atoms with Crippen LogP contribution in [0.1, 0.15) is 47.1 Å². The second kappa shape index (κ2) is 15.3. The third-order valence-corrected chi connectivity index (χ3v) is 3.60. The van der Waals surface area contributed by atoms with Crippen molar-refractivity contribution in [1.82, 2.24) is 0 Å². The van der Waals surface area contributed by atoms with Gasteiger partial charge in [0, 0.05) is 10.8 Å². The van der Waals surface area contributed by atoms with Crippen LogP contribution in [0.25, 0.3) is 21.9 Å². The van der Waals surface area contributed by atoms with Gasteiger partial charge in [0.05, 0.1) is 7.11 Å². The highest BCUT2D eigenvalue weighted by Crippen LogP contribution is 2.27. The maximum absolute atomic E-state index is 5.65. The van der Waals surface area contributed by atoms with Crippen LogP contribution in [0.2, 0.25) is 0 Å². The molecule has 0 radical (unpaired) electrons. The van der Waals surface area contributed by atoms with Crippen molar-refractivity contribution in [3.05, 3.63) is 78.4 Å². The molecule has 0 unspecified atom stereocenters. The molecule has 3 aromatic carbocycles. The SMILES string of the molecule is CC.CC.CC.COc1ccccc1C.c1ccc2c(c1)oc1ccccc12. The van der Waals surface area contributed by atoms with Gasteiger partial charge in [-0.25, -0.2) is 0 Å². The van der Waals surface area contributed by atoms with Crippen LogP contribution in [0.4, 0.5) is 0 Å². The molecule has 0 fully saturated rings. The molecule has 1 heterocycles. The molecule has 0 saturated carbocycles. The number of aryl methyl sites for hydroxylation is 1. The number of ether oxygens (including phenoxy) is 1. The molecule has 2 nitrogen and oxygen atoms in total. The van der Waals surface area contributed by atoms with Crippen molar-refractivity contribution in [2.45, 2.75) is 48.5 Å². The molecule has 0 N–H and O–H groups in total. The van der Waals surface area contributed by atoms with Crippen LogP contribution >= 0.6 is 0 Å². The summed E-state index contributed by atoms with van der Waals surface area (Å²) >= 11 is 0. The molecule has 1 aromatic heterocycles. The van der Waals surface area contributed by atoms with E-state index < -0.39 is 0 Å². The van der Waals surface area contributed by atoms with Crippen LogP contribution in [-0.4, -0.2) is 7.11 Å². The Morgan fingerprint density at radius 3 is 1.36 bits per heavy atom. The second-order valence-corrected chi connectivity index (χ2v) is 5.06. The van der Waals surface area contributed by atoms with Crippen LogP contribution in [0.15, 0.2) is 77.2 Å². The molecule has 0 atom stereocenters. The lowest BCUT2D eigenvalue weighted by atomic mass is 10.2. The monoisotopic (exact) mass is 380 g/mol. The molecule has 2 heteroatoms. The third kappa shape index (κ3) is 7.11. The summed E-state index contributed by atoms with van der Waals surface area (Å²) in [7, 11) is 1.68. The van der Waals surface area contributed by atoms with E-state index in [1.165, 1.54) is 16.3 Å². The Labute approximate surface area is 171 Å². The van der Waals surface area contributed by atoms with Crippen LogP contribution in [-0.2, 0) is 0 Å². The van der Waals surface area contributed by atoms with Crippen molar-refractivity contribution < 1.29 is 9.15 Å². The number of benzene rings is 3. The van der Waals surface area contributed by atoms with E-state index >= 15 is 0 Å². The Morgan fingerprint density at radius 2 is 0.964 bits per heavy atom. The average molecular weight is 381 g/mol. The van der Waals surface area contributed by atoms with Gasteiger partial charge in [-0.05, 0) is 30.7 Å². The molecule has 0 bridgehead atoms. The summed E-state index contributed by atoms with van der Waals surface area (Å²) < 4.78 is 10.7. The predicted octanol–water partition coefficient (Wildman–Crippen LogP) is 8.67. The number of hydrogen-bond donors (Lipinski definition) is 0. The fourth-order valence-corrected chi connectivity index (χ4v) is 2.46. The van der Waals surface area contributed by atoms with Gasteiger partial charge in [-0.3, -0.25) is 0 Å². The summed E-state index contributed by atoms with van der Waals surface area (Å²) in [6, 6.07) is 24.1. The average Bonchev–Trinajstić information content (AvgIpc) is 3.17. The van der Waals surface area contributed by atoms with Crippen LogP contribution in [0, 0.1) is 6.92 Å². The minimum absolute atomic E-state index is 0.956. The molecule has 4 aromatic rings. The van der Waals surface area contributed by atoms with E-state index in [0.29, 0.717) is 0 Å². The highest BCUT2D eigenvalue weighted by molar-refractivity contribution is 6.04.